The highest BCUT2D eigenvalue weighted by molar-refractivity contribution is 6.05. The third-order valence-electron chi connectivity index (χ3n) is 3.62. The maximum absolute atomic E-state index is 13.0. The molecule has 0 aliphatic heterocycles. The fourth-order valence-electron chi connectivity index (χ4n) is 2.35. The molecule has 2 aromatic rings. The first kappa shape index (κ1) is 17.8. The first-order valence-corrected chi connectivity index (χ1v) is 7.54. The van der Waals surface area contributed by atoms with Gasteiger partial charge in [-0.05, 0) is 44.2 Å². The number of carbonyl (C=O) groups excluding carboxylic acids is 1. The Morgan fingerprint density at radius 3 is 2.29 bits per heavy atom. The van der Waals surface area contributed by atoms with Crippen LogP contribution in [0, 0.1) is 0 Å². The van der Waals surface area contributed by atoms with Gasteiger partial charge < -0.3 is 10.2 Å². The topological polar surface area (TPSA) is 45.2 Å². The summed E-state index contributed by atoms with van der Waals surface area (Å²) in [5.41, 5.74) is 0.210. The number of hydrogen-bond donors (Lipinski definition) is 1. The number of alkyl halides is 3. The predicted molar refractivity (Wildman–Crippen MR) is 87.2 cm³/mol. The summed E-state index contributed by atoms with van der Waals surface area (Å²) in [7, 11) is 0. The van der Waals surface area contributed by atoms with Crippen LogP contribution in [0.15, 0.2) is 42.7 Å². The van der Waals surface area contributed by atoms with E-state index in [2.05, 4.69) is 10.3 Å². The van der Waals surface area contributed by atoms with Gasteiger partial charge in [-0.3, -0.25) is 9.78 Å². The molecule has 0 aliphatic carbocycles. The van der Waals surface area contributed by atoms with E-state index in [4.69, 9.17) is 0 Å². The first-order valence-electron chi connectivity index (χ1n) is 7.54. The van der Waals surface area contributed by atoms with Crippen LogP contribution in [0.1, 0.15) is 29.8 Å². The maximum atomic E-state index is 13.0. The Balaban J connectivity index is 2.42. The van der Waals surface area contributed by atoms with Gasteiger partial charge in [0.25, 0.3) is 5.91 Å². The standard InChI is InChI=1S/C17H18F3N3O/c1-3-23(4-2)15-6-5-13(17(18,19)20)11-14(15)22-16(24)12-7-9-21-10-8-12/h5-11H,3-4H2,1-2H3,(H,22,24). The summed E-state index contributed by atoms with van der Waals surface area (Å²) in [4.78, 5) is 18.0. The molecule has 0 atom stereocenters. The van der Waals surface area contributed by atoms with Crippen molar-refractivity contribution in [1.29, 1.82) is 0 Å². The number of aromatic nitrogens is 1. The normalized spacial score (nSPS) is 11.2. The molecule has 0 bridgehead atoms. The fraction of sp³-hybridized carbons (Fsp3) is 0.294. The van der Waals surface area contributed by atoms with Gasteiger partial charge in [-0.1, -0.05) is 0 Å². The van der Waals surface area contributed by atoms with Crippen LogP contribution in [0.5, 0.6) is 0 Å². The summed E-state index contributed by atoms with van der Waals surface area (Å²) < 4.78 is 39.0. The van der Waals surface area contributed by atoms with Crippen LogP contribution in [0.3, 0.4) is 0 Å². The van der Waals surface area contributed by atoms with Crippen LogP contribution in [0.25, 0.3) is 0 Å². The van der Waals surface area contributed by atoms with Crippen molar-refractivity contribution in [1.82, 2.24) is 4.98 Å². The number of halogens is 3. The van der Waals surface area contributed by atoms with Crippen molar-refractivity contribution in [2.75, 3.05) is 23.3 Å². The van der Waals surface area contributed by atoms with Gasteiger partial charge in [0.05, 0.1) is 16.9 Å². The number of nitrogens with one attached hydrogen (secondary N) is 1. The molecule has 0 spiro atoms. The van der Waals surface area contributed by atoms with Crippen molar-refractivity contribution in [2.24, 2.45) is 0 Å². The molecule has 0 aliphatic rings. The van der Waals surface area contributed by atoms with Gasteiger partial charge in [-0.2, -0.15) is 13.2 Å². The number of amides is 1. The van der Waals surface area contributed by atoms with Gasteiger partial charge in [0.2, 0.25) is 0 Å². The van der Waals surface area contributed by atoms with E-state index in [1.54, 1.807) is 0 Å². The molecule has 1 aromatic carbocycles. The van der Waals surface area contributed by atoms with Gasteiger partial charge in [-0.25, -0.2) is 0 Å². The molecule has 1 aromatic heterocycles. The highest BCUT2D eigenvalue weighted by Gasteiger charge is 2.31. The second-order valence-electron chi connectivity index (χ2n) is 5.09. The summed E-state index contributed by atoms with van der Waals surface area (Å²) in [5, 5.41) is 2.58. The number of anilines is 2. The molecule has 1 N–H and O–H groups in total. The smallest absolute Gasteiger partial charge is 0.370 e. The summed E-state index contributed by atoms with van der Waals surface area (Å²) in [6, 6.07) is 6.38. The van der Waals surface area contributed by atoms with Crippen LogP contribution < -0.4 is 10.2 Å². The SMILES string of the molecule is CCN(CC)c1ccc(C(F)(F)F)cc1NC(=O)c1ccncc1. The summed E-state index contributed by atoms with van der Waals surface area (Å²) in [6.45, 7) is 5.02. The highest BCUT2D eigenvalue weighted by atomic mass is 19.4. The van der Waals surface area contributed by atoms with E-state index in [1.165, 1.54) is 30.6 Å². The van der Waals surface area contributed by atoms with Gasteiger partial charge in [0, 0.05) is 31.0 Å². The number of pyridine rings is 1. The average Bonchev–Trinajstić information content (AvgIpc) is 2.57. The van der Waals surface area contributed by atoms with Crippen molar-refractivity contribution in [2.45, 2.75) is 20.0 Å². The molecule has 0 unspecified atom stereocenters. The molecule has 0 saturated heterocycles. The minimum Gasteiger partial charge on any atom is -0.370 e. The van der Waals surface area contributed by atoms with Crippen molar-refractivity contribution in [3.05, 3.63) is 53.9 Å². The quantitative estimate of drug-likeness (QED) is 0.889. The Morgan fingerprint density at radius 2 is 1.75 bits per heavy atom. The van der Waals surface area contributed by atoms with E-state index >= 15 is 0 Å². The molecule has 2 rings (SSSR count). The number of carbonyl (C=O) groups is 1. The lowest BCUT2D eigenvalue weighted by Crippen LogP contribution is -2.24. The van der Waals surface area contributed by atoms with Gasteiger partial charge in [0.1, 0.15) is 0 Å². The molecule has 128 valence electrons. The molecule has 1 amide bonds. The lowest BCUT2D eigenvalue weighted by atomic mass is 10.1. The highest BCUT2D eigenvalue weighted by Crippen LogP contribution is 2.35. The van der Waals surface area contributed by atoms with Crippen LogP contribution in [-0.2, 0) is 6.18 Å². The van der Waals surface area contributed by atoms with E-state index in [1.807, 2.05) is 18.7 Å². The van der Waals surface area contributed by atoms with E-state index in [9.17, 15) is 18.0 Å². The Kier molecular flexibility index (Phi) is 5.43. The Bertz CT molecular complexity index is 698. The lowest BCUT2D eigenvalue weighted by molar-refractivity contribution is -0.137. The van der Waals surface area contributed by atoms with Gasteiger partial charge in [0.15, 0.2) is 0 Å². The lowest BCUT2D eigenvalue weighted by Gasteiger charge is -2.25. The number of hydrogen-bond acceptors (Lipinski definition) is 3. The molecule has 0 saturated carbocycles. The van der Waals surface area contributed by atoms with Gasteiger partial charge >= 0.3 is 6.18 Å². The van der Waals surface area contributed by atoms with E-state index in [0.29, 0.717) is 24.3 Å². The molecule has 4 nitrogen and oxygen atoms in total. The Morgan fingerprint density at radius 1 is 1.12 bits per heavy atom. The third-order valence-corrected chi connectivity index (χ3v) is 3.62. The molecule has 0 radical (unpaired) electrons. The second kappa shape index (κ2) is 7.33. The second-order valence-corrected chi connectivity index (χ2v) is 5.09. The monoisotopic (exact) mass is 337 g/mol. The molecular formula is C17H18F3N3O. The van der Waals surface area contributed by atoms with Crippen LogP contribution in [0.2, 0.25) is 0 Å². The Hall–Kier alpha value is -2.57. The summed E-state index contributed by atoms with van der Waals surface area (Å²) in [6.07, 6.45) is -1.57. The summed E-state index contributed by atoms with van der Waals surface area (Å²) in [5.74, 6) is -0.481. The number of nitrogens with zero attached hydrogens (tertiary/aromatic N) is 2. The number of benzene rings is 1. The molecule has 1 heterocycles. The fourth-order valence-corrected chi connectivity index (χ4v) is 2.35. The number of rotatable bonds is 5. The zero-order valence-corrected chi connectivity index (χ0v) is 13.4. The average molecular weight is 337 g/mol. The molecule has 24 heavy (non-hydrogen) atoms. The third kappa shape index (κ3) is 4.04. The zero-order chi connectivity index (χ0) is 17.7. The molecular weight excluding hydrogens is 319 g/mol. The van der Waals surface area contributed by atoms with Crippen LogP contribution >= 0.6 is 0 Å². The summed E-state index contributed by atoms with van der Waals surface area (Å²) >= 11 is 0. The zero-order valence-electron chi connectivity index (χ0n) is 13.4. The van der Waals surface area contributed by atoms with Gasteiger partial charge in [-0.15, -0.1) is 0 Å². The van der Waals surface area contributed by atoms with Crippen molar-refractivity contribution < 1.29 is 18.0 Å². The Labute approximate surface area is 138 Å². The molecule has 0 fully saturated rings. The van der Waals surface area contributed by atoms with Crippen LogP contribution in [0.4, 0.5) is 24.5 Å². The molecule has 7 heteroatoms. The van der Waals surface area contributed by atoms with E-state index < -0.39 is 17.6 Å². The van der Waals surface area contributed by atoms with Crippen molar-refractivity contribution in [3.8, 4) is 0 Å². The van der Waals surface area contributed by atoms with E-state index in [0.717, 1.165) is 12.1 Å². The first-order chi connectivity index (χ1) is 11.4. The van der Waals surface area contributed by atoms with E-state index in [-0.39, 0.29) is 5.69 Å². The minimum absolute atomic E-state index is 0.135. The minimum atomic E-state index is -4.47. The maximum Gasteiger partial charge on any atom is 0.416 e. The van der Waals surface area contributed by atoms with Crippen molar-refractivity contribution in [3.63, 3.8) is 0 Å². The van der Waals surface area contributed by atoms with Crippen molar-refractivity contribution >= 4 is 17.3 Å². The predicted octanol–water partition coefficient (Wildman–Crippen LogP) is 4.20. The largest absolute Gasteiger partial charge is 0.416 e. The van der Waals surface area contributed by atoms with Crippen LogP contribution in [-0.4, -0.2) is 24.0 Å².